The normalized spacial score (nSPS) is 11.5. The van der Waals surface area contributed by atoms with Crippen molar-refractivity contribution in [1.82, 2.24) is 0 Å². The van der Waals surface area contributed by atoms with Gasteiger partial charge in [0.25, 0.3) is 0 Å². The minimum Gasteiger partial charge on any atom is -0.490 e. The van der Waals surface area contributed by atoms with Crippen LogP contribution in [-0.2, 0) is 38.1 Å². The number of rotatable bonds is 24. The summed E-state index contributed by atoms with van der Waals surface area (Å²) in [6.07, 6.45) is 1.19. The summed E-state index contributed by atoms with van der Waals surface area (Å²) in [5.74, 6) is -0.0674. The van der Waals surface area contributed by atoms with Gasteiger partial charge < -0.3 is 37.9 Å². The number of hydrogen-bond acceptors (Lipinski definition) is 12. The monoisotopic (exact) mass is 690 g/mol. The molecular weight excluding hydrogens is 648 g/mol. The first-order chi connectivity index (χ1) is 24.3. The molecule has 3 aromatic rings. The minimum atomic E-state index is -0.762. The highest BCUT2D eigenvalue weighted by atomic mass is 16.6. The maximum absolute atomic E-state index is 12.5. The van der Waals surface area contributed by atoms with Gasteiger partial charge in [0.15, 0.2) is 12.2 Å². The first-order valence-corrected chi connectivity index (χ1v) is 16.0. The van der Waals surface area contributed by atoms with Gasteiger partial charge in [-0.3, -0.25) is 9.59 Å². The van der Waals surface area contributed by atoms with Crippen molar-refractivity contribution in [3.05, 3.63) is 110 Å². The fourth-order valence-electron chi connectivity index (χ4n) is 4.06. The smallest absolute Gasteiger partial charge is 0.330 e. The zero-order valence-electron chi connectivity index (χ0n) is 27.8. The summed E-state index contributed by atoms with van der Waals surface area (Å²) in [5.41, 5.74) is 0. The van der Waals surface area contributed by atoms with Gasteiger partial charge in [-0.25, -0.2) is 9.59 Å². The number of carbonyl (C=O) groups is 4. The molecule has 2 unspecified atom stereocenters. The molecule has 0 heterocycles. The lowest BCUT2D eigenvalue weighted by molar-refractivity contribution is -0.153. The van der Waals surface area contributed by atoms with E-state index < -0.39 is 36.1 Å². The third-order valence-corrected chi connectivity index (χ3v) is 6.50. The summed E-state index contributed by atoms with van der Waals surface area (Å²) >= 11 is 0. The van der Waals surface area contributed by atoms with Crippen LogP contribution in [-0.4, -0.2) is 75.7 Å². The minimum absolute atomic E-state index is 0.0259. The largest absolute Gasteiger partial charge is 0.490 e. The van der Waals surface area contributed by atoms with Crippen molar-refractivity contribution < 1.29 is 57.1 Å². The second-order valence-corrected chi connectivity index (χ2v) is 10.5. The predicted molar refractivity (Wildman–Crippen MR) is 182 cm³/mol. The van der Waals surface area contributed by atoms with Crippen LogP contribution in [0.5, 0.6) is 23.0 Å². The van der Waals surface area contributed by atoms with Crippen molar-refractivity contribution in [2.45, 2.75) is 37.9 Å². The average Bonchev–Trinajstić information content (AvgIpc) is 3.14. The van der Waals surface area contributed by atoms with Crippen molar-refractivity contribution in [2.75, 3.05) is 39.6 Å². The lowest BCUT2D eigenvalue weighted by Gasteiger charge is -2.20. The second-order valence-electron chi connectivity index (χ2n) is 10.5. The van der Waals surface area contributed by atoms with E-state index in [1.165, 1.54) is 0 Å². The van der Waals surface area contributed by atoms with E-state index >= 15 is 0 Å². The van der Waals surface area contributed by atoms with Gasteiger partial charge in [0, 0.05) is 31.1 Å². The van der Waals surface area contributed by atoms with Crippen LogP contribution in [0.1, 0.15) is 25.7 Å². The summed E-state index contributed by atoms with van der Waals surface area (Å²) in [4.78, 5) is 47.5. The van der Waals surface area contributed by atoms with Gasteiger partial charge in [0.1, 0.15) is 49.4 Å². The zero-order valence-corrected chi connectivity index (χ0v) is 27.8. The molecule has 2 atom stereocenters. The van der Waals surface area contributed by atoms with E-state index in [0.717, 1.165) is 12.2 Å². The quantitative estimate of drug-likeness (QED) is 0.0511. The number of esters is 4. The highest BCUT2D eigenvalue weighted by molar-refractivity contribution is 5.81. The van der Waals surface area contributed by atoms with Crippen LogP contribution in [0.4, 0.5) is 0 Å². The lowest BCUT2D eigenvalue weighted by Crippen LogP contribution is -2.31. The summed E-state index contributed by atoms with van der Waals surface area (Å²) < 4.78 is 44.6. The average molecular weight is 691 g/mol. The Kier molecular flexibility index (Phi) is 17.6. The van der Waals surface area contributed by atoms with Crippen LogP contribution >= 0.6 is 0 Å². The molecule has 0 amide bonds. The molecule has 0 saturated carbocycles. The molecular formula is C38H42O12. The maximum atomic E-state index is 12.5. The van der Waals surface area contributed by atoms with Crippen molar-refractivity contribution >= 4 is 23.9 Å². The molecule has 0 fully saturated rings. The van der Waals surface area contributed by atoms with Crippen molar-refractivity contribution in [3.63, 3.8) is 0 Å². The number of para-hydroxylation sites is 2. The van der Waals surface area contributed by atoms with Crippen molar-refractivity contribution in [1.29, 1.82) is 0 Å². The van der Waals surface area contributed by atoms with Crippen LogP contribution < -0.4 is 18.9 Å². The molecule has 0 aromatic heterocycles. The Morgan fingerprint density at radius 3 is 1.26 bits per heavy atom. The van der Waals surface area contributed by atoms with Gasteiger partial charge in [-0.1, -0.05) is 55.6 Å². The Morgan fingerprint density at radius 1 is 0.520 bits per heavy atom. The highest BCUT2D eigenvalue weighted by Crippen LogP contribution is 2.21. The number of carbonyl (C=O) groups excluding carboxylic acids is 4. The maximum Gasteiger partial charge on any atom is 0.330 e. The number of benzene rings is 3. The lowest BCUT2D eigenvalue weighted by atomic mass is 10.3. The fourth-order valence-corrected chi connectivity index (χ4v) is 4.06. The first kappa shape index (κ1) is 38.7. The third-order valence-electron chi connectivity index (χ3n) is 6.50. The van der Waals surface area contributed by atoms with E-state index in [2.05, 4.69) is 13.2 Å². The Bertz CT molecular complexity index is 1380. The second kappa shape index (κ2) is 22.7. The summed E-state index contributed by atoms with van der Waals surface area (Å²) in [5, 5.41) is 0. The Hall–Kier alpha value is -5.78. The van der Waals surface area contributed by atoms with Gasteiger partial charge >= 0.3 is 23.9 Å². The van der Waals surface area contributed by atoms with Gasteiger partial charge in [0.2, 0.25) is 0 Å². The molecule has 0 bridgehead atoms. The third kappa shape index (κ3) is 16.4. The van der Waals surface area contributed by atoms with Crippen LogP contribution in [0.2, 0.25) is 0 Å². The Balaban J connectivity index is 1.56. The van der Waals surface area contributed by atoms with Crippen molar-refractivity contribution in [3.8, 4) is 23.0 Å². The molecule has 50 heavy (non-hydrogen) atoms. The van der Waals surface area contributed by atoms with Gasteiger partial charge in [0.05, 0.1) is 13.2 Å². The van der Waals surface area contributed by atoms with E-state index in [-0.39, 0.29) is 65.3 Å². The molecule has 0 N–H and O–H groups in total. The Morgan fingerprint density at radius 2 is 0.880 bits per heavy atom. The number of ether oxygens (including phenoxy) is 8. The molecule has 0 spiro atoms. The topological polar surface area (TPSA) is 142 Å². The first-order valence-electron chi connectivity index (χ1n) is 16.0. The molecule has 12 nitrogen and oxygen atoms in total. The van der Waals surface area contributed by atoms with Gasteiger partial charge in [-0.15, -0.1) is 0 Å². The summed E-state index contributed by atoms with van der Waals surface area (Å²) in [6.45, 7) is 6.79. The zero-order chi connectivity index (χ0) is 35.8. The van der Waals surface area contributed by atoms with Crippen LogP contribution in [0, 0.1) is 0 Å². The summed E-state index contributed by atoms with van der Waals surface area (Å²) in [6, 6.07) is 25.0. The van der Waals surface area contributed by atoms with E-state index in [0.29, 0.717) is 23.0 Å². The van der Waals surface area contributed by atoms with Crippen molar-refractivity contribution in [2.24, 2.45) is 0 Å². The van der Waals surface area contributed by atoms with Crippen LogP contribution in [0.15, 0.2) is 110 Å². The molecule has 12 heteroatoms. The van der Waals surface area contributed by atoms with Gasteiger partial charge in [-0.05, 0) is 49.2 Å². The van der Waals surface area contributed by atoms with E-state index in [4.69, 9.17) is 37.9 Å². The highest BCUT2D eigenvalue weighted by Gasteiger charge is 2.19. The van der Waals surface area contributed by atoms with E-state index in [1.807, 2.05) is 36.4 Å². The SMILES string of the molecule is C=CC(=O)OCCCC(=O)OC(COc1ccccc1)COc1cccc(OCC(COc2ccccc2)OC(=O)CCCOC(=O)C=C)c1. The number of hydrogen-bond donors (Lipinski definition) is 0. The van der Waals surface area contributed by atoms with E-state index in [1.54, 1.807) is 48.5 Å². The molecule has 0 aliphatic rings. The standard InChI is InChI=1S/C38H42O12/c1-3-35(39)43-22-12-20-37(41)49-33(25-45-29-14-7-5-8-15-29)27-47-31-18-11-19-32(24-31)48-28-34(26-46-30-16-9-6-10-17-30)50-38(42)21-13-23-44-36(40)4-2/h3-11,14-19,24,33-34H,1-2,12-13,20-23,25-28H2. The van der Waals surface area contributed by atoms with Crippen LogP contribution in [0.3, 0.4) is 0 Å². The molecule has 266 valence electrons. The van der Waals surface area contributed by atoms with Gasteiger partial charge in [-0.2, -0.15) is 0 Å². The predicted octanol–water partition coefficient (Wildman–Crippen LogP) is 5.44. The molecule has 0 radical (unpaired) electrons. The molecule has 3 rings (SSSR count). The molecule has 0 saturated heterocycles. The Labute approximate surface area is 291 Å². The fraction of sp³-hybridized carbons (Fsp3) is 0.316. The van der Waals surface area contributed by atoms with Crippen LogP contribution in [0.25, 0.3) is 0 Å². The van der Waals surface area contributed by atoms with E-state index in [9.17, 15) is 19.2 Å². The molecule has 0 aliphatic carbocycles. The summed E-state index contributed by atoms with van der Waals surface area (Å²) in [7, 11) is 0. The molecule has 3 aromatic carbocycles. The molecule has 0 aliphatic heterocycles.